The maximum Gasteiger partial charge on any atom is 0.417 e. The summed E-state index contributed by atoms with van der Waals surface area (Å²) in [6, 6.07) is 9.96. The standard InChI is InChI=1S/C21H18F3N3O3/c22-21(23,24)13-5-9-19(25-11-13)30-14-6-8-15-12(10-14)4-7-17(26-15)20(29)27-16-2-1-3-18(16)28/h4-11,16,18,28H,1-3H2,(H,27,29). The molecule has 4 rings (SSSR count). The molecule has 0 radical (unpaired) electrons. The fourth-order valence-electron chi connectivity index (χ4n) is 3.37. The number of hydrogen-bond acceptors (Lipinski definition) is 5. The van der Waals surface area contributed by atoms with Crippen molar-refractivity contribution in [3.8, 4) is 11.6 Å². The van der Waals surface area contributed by atoms with Gasteiger partial charge in [-0.1, -0.05) is 6.07 Å². The smallest absolute Gasteiger partial charge is 0.417 e. The lowest BCUT2D eigenvalue weighted by Crippen LogP contribution is -2.40. The molecule has 2 heterocycles. The number of rotatable bonds is 4. The monoisotopic (exact) mass is 417 g/mol. The molecule has 156 valence electrons. The molecule has 1 fully saturated rings. The van der Waals surface area contributed by atoms with E-state index in [1.54, 1.807) is 30.3 Å². The quantitative estimate of drug-likeness (QED) is 0.668. The maximum atomic E-state index is 12.6. The molecule has 1 saturated carbocycles. The van der Waals surface area contributed by atoms with Crippen LogP contribution >= 0.6 is 0 Å². The van der Waals surface area contributed by atoms with E-state index >= 15 is 0 Å². The number of aliphatic hydroxyl groups is 1. The van der Waals surface area contributed by atoms with Crippen LogP contribution in [0.5, 0.6) is 11.6 Å². The van der Waals surface area contributed by atoms with Gasteiger partial charge < -0.3 is 15.2 Å². The first-order chi connectivity index (χ1) is 14.3. The lowest BCUT2D eigenvalue weighted by atomic mass is 10.1. The molecule has 9 heteroatoms. The Labute approximate surface area is 169 Å². The molecule has 2 N–H and O–H groups in total. The number of ether oxygens (including phenoxy) is 1. The van der Waals surface area contributed by atoms with E-state index in [2.05, 4.69) is 15.3 Å². The van der Waals surface area contributed by atoms with Gasteiger partial charge in [-0.2, -0.15) is 13.2 Å². The van der Waals surface area contributed by atoms with E-state index in [0.29, 0.717) is 29.3 Å². The Morgan fingerprint density at radius 1 is 1.13 bits per heavy atom. The third kappa shape index (κ3) is 4.35. The van der Waals surface area contributed by atoms with Crippen LogP contribution in [0.3, 0.4) is 0 Å². The fourth-order valence-corrected chi connectivity index (χ4v) is 3.37. The maximum absolute atomic E-state index is 12.6. The molecule has 3 aromatic rings. The summed E-state index contributed by atoms with van der Waals surface area (Å²) in [5, 5.41) is 13.3. The van der Waals surface area contributed by atoms with Crippen molar-refractivity contribution in [2.45, 2.75) is 37.6 Å². The van der Waals surface area contributed by atoms with Crippen LogP contribution in [0.1, 0.15) is 35.3 Å². The molecule has 1 aliphatic rings. The first kappa shape index (κ1) is 20.1. The zero-order valence-corrected chi connectivity index (χ0v) is 15.7. The topological polar surface area (TPSA) is 84.3 Å². The molecule has 2 unspecified atom stereocenters. The fraction of sp³-hybridized carbons (Fsp3) is 0.286. The predicted molar refractivity (Wildman–Crippen MR) is 102 cm³/mol. The van der Waals surface area contributed by atoms with Crippen molar-refractivity contribution in [3.05, 3.63) is 59.9 Å². The average Bonchev–Trinajstić information content (AvgIpc) is 3.11. The molecule has 0 aliphatic heterocycles. The minimum absolute atomic E-state index is 0.0291. The van der Waals surface area contributed by atoms with Gasteiger partial charge in [-0.3, -0.25) is 4.79 Å². The van der Waals surface area contributed by atoms with Gasteiger partial charge in [-0.25, -0.2) is 9.97 Å². The third-order valence-corrected chi connectivity index (χ3v) is 4.98. The molecule has 0 saturated heterocycles. The predicted octanol–water partition coefficient (Wildman–Crippen LogP) is 4.08. The molecule has 1 amide bonds. The number of aliphatic hydroxyl groups excluding tert-OH is 1. The average molecular weight is 417 g/mol. The number of pyridine rings is 2. The summed E-state index contributed by atoms with van der Waals surface area (Å²) in [7, 11) is 0. The molecular formula is C21H18F3N3O3. The number of alkyl halides is 3. The van der Waals surface area contributed by atoms with E-state index in [-0.39, 0.29) is 23.5 Å². The van der Waals surface area contributed by atoms with Crippen LogP contribution in [0, 0.1) is 0 Å². The zero-order chi connectivity index (χ0) is 21.3. The highest BCUT2D eigenvalue weighted by molar-refractivity contribution is 5.95. The molecule has 30 heavy (non-hydrogen) atoms. The lowest BCUT2D eigenvalue weighted by Gasteiger charge is -2.16. The van der Waals surface area contributed by atoms with Crippen molar-refractivity contribution in [1.29, 1.82) is 0 Å². The Morgan fingerprint density at radius 2 is 1.97 bits per heavy atom. The van der Waals surface area contributed by atoms with Gasteiger partial charge in [0, 0.05) is 17.6 Å². The summed E-state index contributed by atoms with van der Waals surface area (Å²) >= 11 is 0. The molecule has 2 aromatic heterocycles. The van der Waals surface area contributed by atoms with Crippen LogP contribution in [0.4, 0.5) is 13.2 Å². The van der Waals surface area contributed by atoms with Gasteiger partial charge in [0.15, 0.2) is 0 Å². The number of nitrogens with zero attached hydrogens (tertiary/aromatic N) is 2. The van der Waals surface area contributed by atoms with E-state index < -0.39 is 17.8 Å². The number of nitrogens with one attached hydrogen (secondary N) is 1. The van der Waals surface area contributed by atoms with Crippen LogP contribution < -0.4 is 10.1 Å². The van der Waals surface area contributed by atoms with Crippen LogP contribution in [-0.2, 0) is 6.18 Å². The number of aromatic nitrogens is 2. The van der Waals surface area contributed by atoms with Crippen molar-refractivity contribution in [3.63, 3.8) is 0 Å². The summed E-state index contributed by atoms with van der Waals surface area (Å²) < 4.78 is 43.4. The molecule has 1 aliphatic carbocycles. The summed E-state index contributed by atoms with van der Waals surface area (Å²) in [6.07, 6.45) is -2.00. The lowest BCUT2D eigenvalue weighted by molar-refractivity contribution is -0.137. The number of benzene rings is 1. The first-order valence-electron chi connectivity index (χ1n) is 9.40. The number of carbonyl (C=O) groups excluding carboxylic acids is 1. The van der Waals surface area contributed by atoms with Gasteiger partial charge in [0.25, 0.3) is 5.91 Å². The number of halogens is 3. The Bertz CT molecular complexity index is 1070. The van der Waals surface area contributed by atoms with Gasteiger partial charge in [0.2, 0.25) is 5.88 Å². The van der Waals surface area contributed by atoms with E-state index in [0.717, 1.165) is 25.0 Å². The highest BCUT2D eigenvalue weighted by Gasteiger charge is 2.30. The van der Waals surface area contributed by atoms with E-state index in [1.807, 2.05) is 0 Å². The molecule has 0 bridgehead atoms. The van der Waals surface area contributed by atoms with Crippen LogP contribution in [0.2, 0.25) is 0 Å². The van der Waals surface area contributed by atoms with Crippen molar-refractivity contribution in [1.82, 2.24) is 15.3 Å². The van der Waals surface area contributed by atoms with Crippen LogP contribution in [0.25, 0.3) is 10.9 Å². The summed E-state index contributed by atoms with van der Waals surface area (Å²) in [5.74, 6) is 0.0568. The van der Waals surface area contributed by atoms with Gasteiger partial charge >= 0.3 is 6.18 Å². The van der Waals surface area contributed by atoms with Crippen molar-refractivity contribution in [2.24, 2.45) is 0 Å². The zero-order valence-electron chi connectivity index (χ0n) is 15.7. The van der Waals surface area contributed by atoms with Crippen LogP contribution in [-0.4, -0.2) is 33.1 Å². The Morgan fingerprint density at radius 3 is 2.63 bits per heavy atom. The molecule has 0 spiro atoms. The molecule has 1 aromatic carbocycles. The Balaban J connectivity index is 1.48. The largest absolute Gasteiger partial charge is 0.439 e. The van der Waals surface area contributed by atoms with Gasteiger partial charge in [0.05, 0.1) is 23.2 Å². The van der Waals surface area contributed by atoms with E-state index in [9.17, 15) is 23.1 Å². The second kappa shape index (κ2) is 7.91. The van der Waals surface area contributed by atoms with Crippen molar-refractivity contribution >= 4 is 16.8 Å². The molecule has 6 nitrogen and oxygen atoms in total. The van der Waals surface area contributed by atoms with Crippen molar-refractivity contribution < 1.29 is 27.8 Å². The van der Waals surface area contributed by atoms with Crippen molar-refractivity contribution in [2.75, 3.05) is 0 Å². The number of hydrogen-bond donors (Lipinski definition) is 2. The van der Waals surface area contributed by atoms with Gasteiger partial charge in [-0.15, -0.1) is 0 Å². The normalized spacial score (nSPS) is 19.1. The number of fused-ring (bicyclic) bond motifs is 1. The number of amides is 1. The first-order valence-corrected chi connectivity index (χ1v) is 9.40. The van der Waals surface area contributed by atoms with Gasteiger partial charge in [-0.05, 0) is 49.6 Å². The van der Waals surface area contributed by atoms with E-state index in [1.165, 1.54) is 0 Å². The van der Waals surface area contributed by atoms with Gasteiger partial charge in [0.1, 0.15) is 11.4 Å². The van der Waals surface area contributed by atoms with E-state index in [4.69, 9.17) is 4.74 Å². The Kier molecular flexibility index (Phi) is 5.29. The summed E-state index contributed by atoms with van der Waals surface area (Å²) in [6.45, 7) is 0. The number of carbonyl (C=O) groups is 1. The highest BCUT2D eigenvalue weighted by atomic mass is 19.4. The SMILES string of the molecule is O=C(NC1CCCC1O)c1ccc2cc(Oc3ccc(C(F)(F)F)cn3)ccc2n1. The molecule has 2 atom stereocenters. The summed E-state index contributed by atoms with van der Waals surface area (Å²) in [4.78, 5) is 20.4. The van der Waals surface area contributed by atoms with Crippen LogP contribution in [0.15, 0.2) is 48.7 Å². The Hall–Kier alpha value is -3.20. The molecular weight excluding hydrogens is 399 g/mol. The minimum Gasteiger partial charge on any atom is -0.439 e. The minimum atomic E-state index is -4.46. The second-order valence-corrected chi connectivity index (χ2v) is 7.11. The highest BCUT2D eigenvalue weighted by Crippen LogP contribution is 2.30. The second-order valence-electron chi connectivity index (χ2n) is 7.11. The third-order valence-electron chi connectivity index (χ3n) is 4.98. The summed E-state index contributed by atoms with van der Waals surface area (Å²) in [5.41, 5.74) is -0.0597.